The number of anilines is 2. The van der Waals surface area contributed by atoms with Crippen LogP contribution in [-0.4, -0.2) is 33.2 Å². The summed E-state index contributed by atoms with van der Waals surface area (Å²) in [5, 5.41) is 0. The van der Waals surface area contributed by atoms with Gasteiger partial charge in [-0.1, -0.05) is 17.9 Å². The van der Waals surface area contributed by atoms with Crippen molar-refractivity contribution in [2.75, 3.05) is 38.0 Å². The van der Waals surface area contributed by atoms with Crippen molar-refractivity contribution in [1.82, 2.24) is 4.98 Å². The highest BCUT2D eigenvalue weighted by atomic mass is 15.1. The maximum Gasteiger partial charge on any atom is 0.115 e. The van der Waals surface area contributed by atoms with E-state index in [-0.39, 0.29) is 0 Å². The van der Waals surface area contributed by atoms with Gasteiger partial charge in [0, 0.05) is 50.7 Å². The SMILES string of the molecule is CN(C)c1ccc(C#Cc2cccc(C#Cc3ccc(N(C)C)cc3)n2)cc1. The Bertz CT molecular complexity index is 970. The normalized spacial score (nSPS) is 9.57. The van der Waals surface area contributed by atoms with Crippen molar-refractivity contribution >= 4 is 11.4 Å². The van der Waals surface area contributed by atoms with Gasteiger partial charge < -0.3 is 9.80 Å². The molecular formula is C25H23N3. The highest BCUT2D eigenvalue weighted by Gasteiger charge is 1.96. The molecule has 0 N–H and O–H groups in total. The molecule has 0 saturated carbocycles. The average Bonchev–Trinajstić information content (AvgIpc) is 2.71. The molecule has 1 heterocycles. The summed E-state index contributed by atoms with van der Waals surface area (Å²) in [5.74, 6) is 12.6. The zero-order valence-corrected chi connectivity index (χ0v) is 16.7. The molecule has 0 radical (unpaired) electrons. The fraction of sp³-hybridized carbons (Fsp3) is 0.160. The predicted molar refractivity (Wildman–Crippen MR) is 118 cm³/mol. The first-order valence-corrected chi connectivity index (χ1v) is 9.07. The quantitative estimate of drug-likeness (QED) is 0.640. The molecule has 0 aliphatic rings. The second-order valence-corrected chi connectivity index (χ2v) is 6.79. The average molecular weight is 365 g/mol. The molecule has 0 unspecified atom stereocenters. The minimum absolute atomic E-state index is 0.714. The molecule has 1 aromatic heterocycles. The van der Waals surface area contributed by atoms with Crippen LogP contribution in [-0.2, 0) is 0 Å². The highest BCUT2D eigenvalue weighted by Crippen LogP contribution is 2.12. The Morgan fingerprint density at radius 1 is 0.536 bits per heavy atom. The lowest BCUT2D eigenvalue weighted by Gasteiger charge is -2.11. The summed E-state index contributed by atoms with van der Waals surface area (Å²) in [6.07, 6.45) is 0. The zero-order valence-electron chi connectivity index (χ0n) is 16.7. The number of hydrogen-bond acceptors (Lipinski definition) is 3. The van der Waals surface area contributed by atoms with Gasteiger partial charge >= 0.3 is 0 Å². The minimum Gasteiger partial charge on any atom is -0.378 e. The van der Waals surface area contributed by atoms with Crippen LogP contribution >= 0.6 is 0 Å². The molecule has 0 aliphatic heterocycles. The Balaban J connectivity index is 1.75. The molecule has 0 aliphatic carbocycles. The smallest absolute Gasteiger partial charge is 0.115 e. The van der Waals surface area contributed by atoms with Crippen LogP contribution in [0.3, 0.4) is 0 Å². The lowest BCUT2D eigenvalue weighted by Crippen LogP contribution is -2.07. The van der Waals surface area contributed by atoms with Gasteiger partial charge in [0.2, 0.25) is 0 Å². The Labute approximate surface area is 167 Å². The Kier molecular flexibility index (Phi) is 6.00. The summed E-state index contributed by atoms with van der Waals surface area (Å²) in [4.78, 5) is 8.66. The first-order chi connectivity index (χ1) is 13.5. The molecule has 0 saturated heterocycles. The van der Waals surface area contributed by atoms with Gasteiger partial charge in [-0.25, -0.2) is 4.98 Å². The summed E-state index contributed by atoms with van der Waals surface area (Å²) in [6, 6.07) is 22.0. The summed E-state index contributed by atoms with van der Waals surface area (Å²) >= 11 is 0. The topological polar surface area (TPSA) is 19.4 Å². The van der Waals surface area contributed by atoms with Gasteiger partial charge in [-0.05, 0) is 72.5 Å². The van der Waals surface area contributed by atoms with Gasteiger partial charge in [-0.15, -0.1) is 0 Å². The highest BCUT2D eigenvalue weighted by molar-refractivity contribution is 5.52. The molecule has 3 rings (SSSR count). The fourth-order valence-electron chi connectivity index (χ4n) is 2.53. The third-order valence-corrected chi connectivity index (χ3v) is 4.19. The zero-order chi connectivity index (χ0) is 19.9. The third kappa shape index (κ3) is 5.16. The van der Waals surface area contributed by atoms with Gasteiger partial charge in [0.15, 0.2) is 0 Å². The Morgan fingerprint density at radius 2 is 0.929 bits per heavy atom. The second-order valence-electron chi connectivity index (χ2n) is 6.79. The van der Waals surface area contributed by atoms with Crippen molar-refractivity contribution in [3.8, 4) is 23.7 Å². The van der Waals surface area contributed by atoms with Crippen LogP contribution in [0.2, 0.25) is 0 Å². The van der Waals surface area contributed by atoms with Crippen molar-refractivity contribution in [2.45, 2.75) is 0 Å². The molecule has 0 bridgehead atoms. The molecule has 28 heavy (non-hydrogen) atoms. The number of nitrogens with zero attached hydrogens (tertiary/aromatic N) is 3. The van der Waals surface area contributed by atoms with E-state index in [2.05, 4.69) is 62.7 Å². The fourth-order valence-corrected chi connectivity index (χ4v) is 2.53. The molecule has 2 aromatic carbocycles. The van der Waals surface area contributed by atoms with Crippen molar-refractivity contribution in [2.24, 2.45) is 0 Å². The van der Waals surface area contributed by atoms with Crippen LogP contribution < -0.4 is 9.80 Å². The van der Waals surface area contributed by atoms with Crippen LogP contribution in [0.1, 0.15) is 22.5 Å². The third-order valence-electron chi connectivity index (χ3n) is 4.19. The molecule has 3 aromatic rings. The largest absolute Gasteiger partial charge is 0.378 e. The van der Waals surface area contributed by atoms with E-state index in [0.717, 1.165) is 22.5 Å². The van der Waals surface area contributed by atoms with Crippen LogP contribution in [0.5, 0.6) is 0 Å². The summed E-state index contributed by atoms with van der Waals surface area (Å²) < 4.78 is 0. The minimum atomic E-state index is 0.714. The molecule has 3 nitrogen and oxygen atoms in total. The first-order valence-electron chi connectivity index (χ1n) is 9.07. The molecular weight excluding hydrogens is 342 g/mol. The molecule has 0 atom stereocenters. The summed E-state index contributed by atoms with van der Waals surface area (Å²) in [7, 11) is 8.09. The van der Waals surface area contributed by atoms with E-state index in [1.165, 1.54) is 0 Å². The van der Waals surface area contributed by atoms with Crippen LogP contribution in [0.15, 0.2) is 66.7 Å². The van der Waals surface area contributed by atoms with Crippen LogP contribution in [0.25, 0.3) is 0 Å². The molecule has 0 fully saturated rings. The van der Waals surface area contributed by atoms with E-state index in [4.69, 9.17) is 0 Å². The number of rotatable bonds is 2. The molecule has 138 valence electrons. The van der Waals surface area contributed by atoms with Crippen LogP contribution in [0, 0.1) is 23.7 Å². The van der Waals surface area contributed by atoms with E-state index in [0.29, 0.717) is 11.4 Å². The van der Waals surface area contributed by atoms with Crippen LogP contribution in [0.4, 0.5) is 11.4 Å². The maximum absolute atomic E-state index is 4.53. The number of pyridine rings is 1. The Morgan fingerprint density at radius 3 is 1.29 bits per heavy atom. The lowest BCUT2D eigenvalue weighted by molar-refractivity contribution is 1.13. The Hall–Kier alpha value is -3.69. The monoisotopic (exact) mass is 365 g/mol. The van der Waals surface area contributed by atoms with Gasteiger partial charge in [0.25, 0.3) is 0 Å². The number of benzene rings is 2. The molecule has 3 heteroatoms. The summed E-state index contributed by atoms with van der Waals surface area (Å²) in [6.45, 7) is 0. The van der Waals surface area contributed by atoms with Gasteiger partial charge in [0.05, 0.1) is 0 Å². The van der Waals surface area contributed by atoms with Gasteiger partial charge in [-0.2, -0.15) is 0 Å². The first kappa shape index (κ1) is 19.1. The van der Waals surface area contributed by atoms with E-state index in [9.17, 15) is 0 Å². The standard InChI is InChI=1S/C25H23N3/c1-27(2)24-16-10-20(11-17-24)8-14-22-6-5-7-23(26-22)15-9-21-12-18-25(19-13-21)28(3)4/h5-7,10-13,16-19H,1-4H3. The molecule has 0 amide bonds. The number of hydrogen-bond donors (Lipinski definition) is 0. The van der Waals surface area contributed by atoms with Crippen molar-refractivity contribution in [1.29, 1.82) is 0 Å². The van der Waals surface area contributed by atoms with Gasteiger partial charge in [0.1, 0.15) is 11.4 Å². The number of aromatic nitrogens is 1. The lowest BCUT2D eigenvalue weighted by atomic mass is 10.2. The van der Waals surface area contributed by atoms with E-state index >= 15 is 0 Å². The van der Waals surface area contributed by atoms with Crippen molar-refractivity contribution in [3.63, 3.8) is 0 Å². The van der Waals surface area contributed by atoms with E-state index in [1.807, 2.05) is 70.7 Å². The van der Waals surface area contributed by atoms with E-state index in [1.54, 1.807) is 0 Å². The summed E-state index contributed by atoms with van der Waals surface area (Å²) in [5.41, 5.74) is 5.66. The maximum atomic E-state index is 4.53. The van der Waals surface area contributed by atoms with E-state index < -0.39 is 0 Å². The van der Waals surface area contributed by atoms with Crippen molar-refractivity contribution in [3.05, 3.63) is 89.2 Å². The second kappa shape index (κ2) is 8.80. The van der Waals surface area contributed by atoms with Gasteiger partial charge in [-0.3, -0.25) is 0 Å². The van der Waals surface area contributed by atoms with Crippen molar-refractivity contribution < 1.29 is 0 Å². The predicted octanol–water partition coefficient (Wildman–Crippen LogP) is 4.01. The molecule has 0 spiro atoms.